The molecule has 1 aromatic heterocycles. The van der Waals surface area contributed by atoms with Gasteiger partial charge in [0.2, 0.25) is 0 Å². The van der Waals surface area contributed by atoms with Crippen molar-refractivity contribution in [3.63, 3.8) is 0 Å². The first-order valence-electron chi connectivity index (χ1n) is 9.79. The predicted octanol–water partition coefficient (Wildman–Crippen LogP) is 3.42. The Balaban J connectivity index is 1.78. The van der Waals surface area contributed by atoms with Gasteiger partial charge in [0.05, 0.1) is 16.1 Å². The lowest BCUT2D eigenvalue weighted by Gasteiger charge is -2.23. The molecule has 8 nitrogen and oxygen atoms in total. The minimum Gasteiger partial charge on any atom is -0.313 e. The van der Waals surface area contributed by atoms with Gasteiger partial charge in [-0.2, -0.15) is 0 Å². The van der Waals surface area contributed by atoms with E-state index in [2.05, 4.69) is 10.7 Å². The fourth-order valence-corrected chi connectivity index (χ4v) is 5.27. The first kappa shape index (κ1) is 23.5. The van der Waals surface area contributed by atoms with Crippen LogP contribution in [-0.2, 0) is 10.0 Å². The van der Waals surface area contributed by atoms with Gasteiger partial charge in [0.25, 0.3) is 21.8 Å². The smallest absolute Gasteiger partial charge is 0.268 e. The topological polar surface area (TPSA) is 98.8 Å². The van der Waals surface area contributed by atoms with Gasteiger partial charge in [-0.05, 0) is 54.8 Å². The van der Waals surface area contributed by atoms with Gasteiger partial charge in [0, 0.05) is 26.2 Å². The van der Waals surface area contributed by atoms with Crippen LogP contribution in [0.4, 0.5) is 10.7 Å². The highest BCUT2D eigenvalue weighted by molar-refractivity contribution is 7.92. The van der Waals surface area contributed by atoms with Crippen LogP contribution in [0.25, 0.3) is 0 Å². The molecule has 0 atom stereocenters. The van der Waals surface area contributed by atoms with Crippen LogP contribution in [0.3, 0.4) is 0 Å². The molecule has 0 saturated carbocycles. The number of sulfonamides is 1. The largest absolute Gasteiger partial charge is 0.313 e. The van der Waals surface area contributed by atoms with E-state index in [1.54, 1.807) is 56.7 Å². The van der Waals surface area contributed by atoms with Crippen LogP contribution in [0.2, 0.25) is 0 Å². The van der Waals surface area contributed by atoms with Crippen molar-refractivity contribution < 1.29 is 18.0 Å². The maximum atomic E-state index is 13.1. The van der Waals surface area contributed by atoms with E-state index in [1.165, 1.54) is 44.9 Å². The highest BCUT2D eigenvalue weighted by atomic mass is 32.2. The number of carbonyl (C=O) groups excluding carboxylic acids is 2. The molecule has 0 aliphatic carbocycles. The fraction of sp³-hybridized carbons (Fsp3) is 0.182. The molecule has 0 aliphatic heterocycles. The summed E-state index contributed by atoms with van der Waals surface area (Å²) in [7, 11) is -0.400. The lowest BCUT2D eigenvalue weighted by Crippen LogP contribution is -2.36. The van der Waals surface area contributed by atoms with Crippen molar-refractivity contribution in [1.82, 2.24) is 10.4 Å². The summed E-state index contributed by atoms with van der Waals surface area (Å²) in [6.07, 6.45) is 0. The molecule has 168 valence electrons. The van der Waals surface area contributed by atoms with Crippen molar-refractivity contribution in [2.24, 2.45) is 0 Å². The normalized spacial score (nSPS) is 11.2. The van der Waals surface area contributed by atoms with E-state index in [1.807, 2.05) is 6.07 Å². The van der Waals surface area contributed by atoms with Crippen LogP contribution < -0.4 is 15.0 Å². The average Bonchev–Trinajstić information content (AvgIpc) is 3.22. The SMILES string of the molecule is CCN(c1ccccc1)S(=O)(=O)c1ccc(C(=O)Nc2sccc2C(=O)NN(C)C)cc1. The lowest BCUT2D eigenvalue weighted by molar-refractivity contribution is 0.0858. The highest BCUT2D eigenvalue weighted by Gasteiger charge is 2.24. The number of carbonyl (C=O) groups is 2. The van der Waals surface area contributed by atoms with Gasteiger partial charge in [-0.25, -0.2) is 13.4 Å². The molecule has 0 saturated heterocycles. The van der Waals surface area contributed by atoms with E-state index in [4.69, 9.17) is 0 Å². The zero-order valence-corrected chi connectivity index (χ0v) is 19.5. The van der Waals surface area contributed by atoms with Gasteiger partial charge in [-0.3, -0.25) is 19.3 Å². The molecule has 2 amide bonds. The van der Waals surface area contributed by atoms with Gasteiger partial charge >= 0.3 is 0 Å². The molecule has 3 rings (SSSR count). The summed E-state index contributed by atoms with van der Waals surface area (Å²) in [6.45, 7) is 2.03. The number of hydrogen-bond donors (Lipinski definition) is 2. The van der Waals surface area contributed by atoms with Crippen LogP contribution in [0, 0.1) is 0 Å². The number of para-hydroxylation sites is 1. The Morgan fingerprint density at radius 1 is 0.938 bits per heavy atom. The van der Waals surface area contributed by atoms with Gasteiger partial charge in [0.1, 0.15) is 5.00 Å². The van der Waals surface area contributed by atoms with Gasteiger partial charge in [-0.15, -0.1) is 11.3 Å². The number of nitrogens with one attached hydrogen (secondary N) is 2. The minimum absolute atomic E-state index is 0.0851. The second-order valence-corrected chi connectivity index (χ2v) is 9.76. The standard InChI is InChI=1S/C22H24N4O4S2/c1-4-26(17-8-6-5-7-9-17)32(29,30)18-12-10-16(11-13-18)20(27)23-22-19(14-15-31-22)21(28)24-25(2)3/h5-15H,4H2,1-3H3,(H,23,27)(H,24,28). The molecule has 2 aromatic carbocycles. The van der Waals surface area contributed by atoms with Crippen LogP contribution in [0.15, 0.2) is 70.9 Å². The zero-order chi connectivity index (χ0) is 23.3. The number of rotatable bonds is 8. The summed E-state index contributed by atoms with van der Waals surface area (Å²) >= 11 is 1.23. The van der Waals surface area contributed by atoms with Gasteiger partial charge in [0.15, 0.2) is 0 Å². The Kier molecular flexibility index (Phi) is 7.29. The van der Waals surface area contributed by atoms with Crippen LogP contribution in [-0.4, -0.2) is 45.9 Å². The molecule has 2 N–H and O–H groups in total. The van der Waals surface area contributed by atoms with Crippen LogP contribution in [0.1, 0.15) is 27.6 Å². The molecule has 0 unspecified atom stereocenters. The summed E-state index contributed by atoms with van der Waals surface area (Å²) in [5.41, 5.74) is 3.82. The number of hydrazine groups is 1. The summed E-state index contributed by atoms with van der Waals surface area (Å²) < 4.78 is 27.5. The third-order valence-corrected chi connectivity index (χ3v) is 7.24. The van der Waals surface area contributed by atoms with Crippen LogP contribution in [0.5, 0.6) is 0 Å². The summed E-state index contributed by atoms with van der Waals surface area (Å²) in [5, 5.41) is 6.35. The Morgan fingerprint density at radius 2 is 1.59 bits per heavy atom. The maximum Gasteiger partial charge on any atom is 0.268 e. The molecule has 10 heteroatoms. The van der Waals surface area contributed by atoms with E-state index in [-0.39, 0.29) is 22.9 Å². The Morgan fingerprint density at radius 3 is 2.19 bits per heavy atom. The second-order valence-electron chi connectivity index (χ2n) is 6.98. The van der Waals surface area contributed by atoms with Crippen molar-refractivity contribution in [2.75, 3.05) is 30.3 Å². The third-order valence-electron chi connectivity index (χ3n) is 4.50. The number of thiophene rings is 1. The zero-order valence-electron chi connectivity index (χ0n) is 17.9. The number of nitrogens with zero attached hydrogens (tertiary/aromatic N) is 2. The Labute approximate surface area is 191 Å². The molecule has 32 heavy (non-hydrogen) atoms. The van der Waals surface area contributed by atoms with Crippen molar-refractivity contribution in [3.8, 4) is 0 Å². The molecular weight excluding hydrogens is 448 g/mol. The number of anilines is 2. The molecule has 0 spiro atoms. The first-order chi connectivity index (χ1) is 15.2. The van der Waals surface area contributed by atoms with Crippen molar-refractivity contribution in [2.45, 2.75) is 11.8 Å². The van der Waals surface area contributed by atoms with Crippen LogP contribution >= 0.6 is 11.3 Å². The quantitative estimate of drug-likeness (QED) is 0.490. The minimum atomic E-state index is -3.78. The van der Waals surface area contributed by atoms with E-state index >= 15 is 0 Å². The van der Waals surface area contributed by atoms with E-state index in [9.17, 15) is 18.0 Å². The lowest BCUT2D eigenvalue weighted by atomic mass is 10.2. The summed E-state index contributed by atoms with van der Waals surface area (Å²) in [5.74, 6) is -0.778. The molecule has 1 heterocycles. The predicted molar refractivity (Wildman–Crippen MR) is 127 cm³/mol. The Hall–Kier alpha value is -3.21. The van der Waals surface area contributed by atoms with Gasteiger partial charge < -0.3 is 5.32 Å². The van der Waals surface area contributed by atoms with E-state index in [0.29, 0.717) is 16.3 Å². The third kappa shape index (κ3) is 5.16. The van der Waals surface area contributed by atoms with E-state index in [0.717, 1.165) is 0 Å². The Bertz CT molecular complexity index is 1190. The summed E-state index contributed by atoms with van der Waals surface area (Å²) in [6, 6.07) is 16.2. The number of hydrogen-bond acceptors (Lipinski definition) is 6. The van der Waals surface area contributed by atoms with Crippen molar-refractivity contribution in [1.29, 1.82) is 0 Å². The van der Waals surface area contributed by atoms with E-state index < -0.39 is 15.9 Å². The second kappa shape index (κ2) is 9.94. The van der Waals surface area contributed by atoms with Gasteiger partial charge in [-0.1, -0.05) is 18.2 Å². The maximum absolute atomic E-state index is 13.1. The molecular formula is C22H24N4O4S2. The number of benzene rings is 2. The molecule has 0 radical (unpaired) electrons. The van der Waals surface area contributed by atoms with Crippen molar-refractivity contribution in [3.05, 3.63) is 77.2 Å². The monoisotopic (exact) mass is 472 g/mol. The first-order valence-corrected chi connectivity index (χ1v) is 12.1. The highest BCUT2D eigenvalue weighted by Crippen LogP contribution is 2.26. The summed E-state index contributed by atoms with van der Waals surface area (Å²) in [4.78, 5) is 25.0. The number of amides is 2. The fourth-order valence-electron chi connectivity index (χ4n) is 3.01. The molecule has 0 bridgehead atoms. The molecule has 0 fully saturated rings. The van der Waals surface area contributed by atoms with Crippen molar-refractivity contribution >= 4 is 43.9 Å². The molecule has 0 aliphatic rings. The molecule has 3 aromatic rings. The average molecular weight is 473 g/mol.